The van der Waals surface area contributed by atoms with E-state index in [2.05, 4.69) is 48.0 Å². The van der Waals surface area contributed by atoms with Crippen LogP contribution < -0.4 is 4.74 Å². The lowest BCUT2D eigenvalue weighted by atomic mass is 9.93. The molecule has 0 spiro atoms. The first-order valence-electron chi connectivity index (χ1n) is 5.57. The maximum Gasteiger partial charge on any atom is 0.119 e. The zero-order valence-electron chi connectivity index (χ0n) is 9.87. The van der Waals surface area contributed by atoms with E-state index in [1.807, 2.05) is 11.8 Å². The summed E-state index contributed by atoms with van der Waals surface area (Å²) in [6.07, 6.45) is 0. The zero-order chi connectivity index (χ0) is 11.7. The van der Waals surface area contributed by atoms with Gasteiger partial charge in [0.1, 0.15) is 5.75 Å². The lowest BCUT2D eigenvalue weighted by Gasteiger charge is -2.31. The zero-order valence-corrected chi connectivity index (χ0v) is 12.3. The normalized spacial score (nSPS) is 26.0. The fourth-order valence-electron chi connectivity index (χ4n) is 2.17. The third-order valence-corrected chi connectivity index (χ3v) is 5.67. The third-order valence-electron chi connectivity index (χ3n) is 3.07. The lowest BCUT2D eigenvalue weighted by Crippen LogP contribution is -2.17. The first kappa shape index (κ1) is 12.3. The van der Waals surface area contributed by atoms with E-state index in [4.69, 9.17) is 4.74 Å². The summed E-state index contributed by atoms with van der Waals surface area (Å²) in [5, 5.41) is 0.567. The number of ether oxygens (including phenoxy) is 1. The molecule has 0 saturated heterocycles. The Kier molecular flexibility index (Phi) is 3.85. The molecule has 1 nitrogen and oxygen atoms in total. The Morgan fingerprint density at radius 2 is 2.19 bits per heavy atom. The van der Waals surface area contributed by atoms with Crippen molar-refractivity contribution in [2.24, 2.45) is 0 Å². The first-order chi connectivity index (χ1) is 7.63. The Morgan fingerprint density at radius 1 is 1.44 bits per heavy atom. The molecule has 0 N–H and O–H groups in total. The Hall–Kier alpha value is -0.150. The summed E-state index contributed by atoms with van der Waals surface area (Å²) in [5.74, 6) is 2.79. The average Bonchev–Trinajstić information content (AvgIpc) is 2.29. The van der Waals surface area contributed by atoms with Gasteiger partial charge in [-0.25, -0.2) is 0 Å². The number of halogens is 1. The number of methoxy groups -OCH3 is 1. The van der Waals surface area contributed by atoms with Crippen molar-refractivity contribution in [3.05, 3.63) is 29.3 Å². The molecule has 3 atom stereocenters. The fraction of sp³-hybridized carbons (Fsp3) is 0.538. The van der Waals surface area contributed by atoms with Crippen LogP contribution in [0.2, 0.25) is 0 Å². The fourth-order valence-corrected chi connectivity index (χ4v) is 4.25. The van der Waals surface area contributed by atoms with Crippen LogP contribution in [-0.4, -0.2) is 17.7 Å². The summed E-state index contributed by atoms with van der Waals surface area (Å²) in [5.41, 5.74) is 2.92. The van der Waals surface area contributed by atoms with Gasteiger partial charge in [0, 0.05) is 15.8 Å². The average molecular weight is 301 g/mol. The molecule has 0 bridgehead atoms. The predicted molar refractivity (Wildman–Crippen MR) is 75.0 cm³/mol. The molecule has 3 unspecified atom stereocenters. The monoisotopic (exact) mass is 300 g/mol. The number of thioether (sulfide) groups is 1. The second-order valence-electron chi connectivity index (χ2n) is 4.33. The van der Waals surface area contributed by atoms with Crippen molar-refractivity contribution in [3.63, 3.8) is 0 Å². The summed E-state index contributed by atoms with van der Waals surface area (Å²) in [4.78, 5) is 0.511. The van der Waals surface area contributed by atoms with Gasteiger partial charge in [-0.1, -0.05) is 35.8 Å². The van der Waals surface area contributed by atoms with Crippen molar-refractivity contribution >= 4 is 27.7 Å². The number of hydrogen-bond donors (Lipinski definition) is 0. The minimum absolute atomic E-state index is 0.511. The first-order valence-corrected chi connectivity index (χ1v) is 7.53. The topological polar surface area (TPSA) is 9.23 Å². The second kappa shape index (κ2) is 5.01. The smallest absolute Gasteiger partial charge is 0.119 e. The van der Waals surface area contributed by atoms with Gasteiger partial charge < -0.3 is 4.74 Å². The Balaban J connectivity index is 2.43. The molecule has 1 heterocycles. The van der Waals surface area contributed by atoms with Gasteiger partial charge in [-0.3, -0.25) is 0 Å². The van der Waals surface area contributed by atoms with E-state index in [9.17, 15) is 0 Å². The maximum atomic E-state index is 5.31. The summed E-state index contributed by atoms with van der Waals surface area (Å²) >= 11 is 5.76. The van der Waals surface area contributed by atoms with E-state index in [-0.39, 0.29) is 0 Å². The van der Waals surface area contributed by atoms with Gasteiger partial charge in [0.15, 0.2) is 0 Å². The molecule has 1 aliphatic rings. The molecular weight excluding hydrogens is 284 g/mol. The standard InChI is InChI=1S/C13H17BrOS/c1-8-7-16-13(9(2)14)11-5-4-10(15-3)6-12(8)11/h4-6,8-9,13H,7H2,1-3H3. The summed E-state index contributed by atoms with van der Waals surface area (Å²) in [7, 11) is 1.73. The molecule has 0 fully saturated rings. The van der Waals surface area contributed by atoms with Crippen LogP contribution in [0.15, 0.2) is 18.2 Å². The van der Waals surface area contributed by atoms with Gasteiger partial charge in [0.2, 0.25) is 0 Å². The molecular formula is C13H17BrOS. The van der Waals surface area contributed by atoms with E-state index in [1.54, 1.807) is 7.11 Å². The Morgan fingerprint density at radius 3 is 2.81 bits per heavy atom. The molecule has 0 amide bonds. The van der Waals surface area contributed by atoms with Crippen molar-refractivity contribution in [3.8, 4) is 5.75 Å². The molecule has 1 aromatic rings. The van der Waals surface area contributed by atoms with Gasteiger partial charge in [-0.2, -0.15) is 11.8 Å². The number of hydrogen-bond acceptors (Lipinski definition) is 2. The quantitative estimate of drug-likeness (QED) is 0.750. The van der Waals surface area contributed by atoms with Crippen LogP contribution in [0.25, 0.3) is 0 Å². The molecule has 0 saturated carbocycles. The lowest BCUT2D eigenvalue weighted by molar-refractivity contribution is 0.413. The van der Waals surface area contributed by atoms with Gasteiger partial charge in [-0.15, -0.1) is 0 Å². The van der Waals surface area contributed by atoms with Crippen molar-refractivity contribution in [2.45, 2.75) is 29.8 Å². The third kappa shape index (κ3) is 2.25. The Labute approximate surface area is 110 Å². The maximum absolute atomic E-state index is 5.31. The number of fused-ring (bicyclic) bond motifs is 1. The summed E-state index contributed by atoms with van der Waals surface area (Å²) < 4.78 is 5.31. The van der Waals surface area contributed by atoms with Crippen molar-refractivity contribution in [2.75, 3.05) is 12.9 Å². The number of rotatable bonds is 2. The SMILES string of the molecule is COc1ccc2c(c1)C(C)CSC2C(C)Br. The van der Waals surface area contributed by atoms with E-state index < -0.39 is 0 Å². The minimum atomic E-state index is 0.511. The molecule has 1 aromatic carbocycles. The van der Waals surface area contributed by atoms with E-state index in [1.165, 1.54) is 16.9 Å². The van der Waals surface area contributed by atoms with E-state index in [0.717, 1.165) is 5.75 Å². The predicted octanol–water partition coefficient (Wildman–Crippen LogP) is 4.37. The highest BCUT2D eigenvalue weighted by molar-refractivity contribution is 9.09. The molecule has 16 heavy (non-hydrogen) atoms. The largest absolute Gasteiger partial charge is 0.497 e. The van der Waals surface area contributed by atoms with E-state index in [0.29, 0.717) is 16.0 Å². The minimum Gasteiger partial charge on any atom is -0.497 e. The highest BCUT2D eigenvalue weighted by Crippen LogP contribution is 2.46. The van der Waals surface area contributed by atoms with Gasteiger partial charge in [-0.05, 0) is 29.2 Å². The highest BCUT2D eigenvalue weighted by atomic mass is 79.9. The van der Waals surface area contributed by atoms with Crippen LogP contribution >= 0.6 is 27.7 Å². The molecule has 3 heteroatoms. The van der Waals surface area contributed by atoms with Crippen molar-refractivity contribution < 1.29 is 4.74 Å². The van der Waals surface area contributed by atoms with E-state index >= 15 is 0 Å². The van der Waals surface area contributed by atoms with Crippen LogP contribution in [0.5, 0.6) is 5.75 Å². The van der Waals surface area contributed by atoms with Crippen LogP contribution in [-0.2, 0) is 0 Å². The molecule has 0 aliphatic carbocycles. The van der Waals surface area contributed by atoms with Gasteiger partial charge in [0.25, 0.3) is 0 Å². The van der Waals surface area contributed by atoms with Gasteiger partial charge >= 0.3 is 0 Å². The van der Waals surface area contributed by atoms with Crippen LogP contribution in [0.1, 0.15) is 36.1 Å². The molecule has 0 aromatic heterocycles. The van der Waals surface area contributed by atoms with Gasteiger partial charge in [0.05, 0.1) is 7.11 Å². The van der Waals surface area contributed by atoms with Crippen LogP contribution in [0.4, 0.5) is 0 Å². The summed E-state index contributed by atoms with van der Waals surface area (Å²) in [6.45, 7) is 4.52. The van der Waals surface area contributed by atoms with Crippen LogP contribution in [0.3, 0.4) is 0 Å². The van der Waals surface area contributed by atoms with Crippen molar-refractivity contribution in [1.29, 1.82) is 0 Å². The molecule has 2 rings (SSSR count). The molecule has 1 aliphatic heterocycles. The summed E-state index contributed by atoms with van der Waals surface area (Å²) in [6, 6.07) is 6.49. The van der Waals surface area contributed by atoms with Crippen molar-refractivity contribution in [1.82, 2.24) is 0 Å². The molecule has 88 valence electrons. The number of benzene rings is 1. The highest BCUT2D eigenvalue weighted by Gasteiger charge is 2.28. The molecule has 0 radical (unpaired) electrons. The Bertz CT molecular complexity index is 378. The number of alkyl halides is 1. The second-order valence-corrected chi connectivity index (χ2v) is 6.95. The van der Waals surface area contributed by atoms with Crippen LogP contribution in [0, 0.1) is 0 Å².